The Hall–Kier alpha value is -3.91. The second-order valence-corrected chi connectivity index (χ2v) is 8.73. The van der Waals surface area contributed by atoms with E-state index in [-0.39, 0.29) is 5.78 Å². The second-order valence-electron chi connectivity index (χ2n) is 8.73. The van der Waals surface area contributed by atoms with Gasteiger partial charge in [0, 0.05) is 50.9 Å². The first kappa shape index (κ1) is 25.2. The van der Waals surface area contributed by atoms with Crippen molar-refractivity contribution in [2.24, 2.45) is 0 Å². The summed E-state index contributed by atoms with van der Waals surface area (Å²) in [6, 6.07) is 23.6. The predicted molar refractivity (Wildman–Crippen MR) is 140 cm³/mol. The fourth-order valence-corrected chi connectivity index (χ4v) is 4.09. The summed E-state index contributed by atoms with van der Waals surface area (Å²) in [7, 11) is 0. The molecule has 1 aliphatic rings. The number of carbonyl (C=O) groups is 2. The van der Waals surface area contributed by atoms with Crippen molar-refractivity contribution in [2.45, 2.75) is 13.1 Å². The van der Waals surface area contributed by atoms with Crippen LogP contribution in [-0.2, 0) is 17.9 Å². The normalized spacial score (nSPS) is 14.9. The second kappa shape index (κ2) is 12.7. The Morgan fingerprint density at radius 3 is 1.89 bits per heavy atom. The fourth-order valence-electron chi connectivity index (χ4n) is 4.09. The number of pyridine rings is 1. The monoisotopic (exact) mass is 482 g/mol. The lowest BCUT2D eigenvalue weighted by Gasteiger charge is -2.34. The minimum absolute atomic E-state index is 0.0986. The number of allylic oxidation sites excluding steroid dienone is 1. The van der Waals surface area contributed by atoms with Gasteiger partial charge in [0.25, 0.3) is 5.91 Å². The number of nitrogens with zero attached hydrogens (tertiary/aromatic N) is 3. The minimum Gasteiger partial charge on any atom is -0.297 e. The first-order chi connectivity index (χ1) is 17.6. The summed E-state index contributed by atoms with van der Waals surface area (Å²) in [6.07, 6.45) is 5.80. The zero-order chi connectivity index (χ0) is 25.2. The lowest BCUT2D eigenvalue weighted by molar-refractivity contribution is -0.124. The van der Waals surface area contributed by atoms with E-state index < -0.39 is 5.91 Å². The molecule has 7 heteroatoms. The van der Waals surface area contributed by atoms with Crippen LogP contribution in [0.5, 0.6) is 0 Å². The van der Waals surface area contributed by atoms with Crippen LogP contribution in [0.15, 0.2) is 84.9 Å². The van der Waals surface area contributed by atoms with Gasteiger partial charge in [-0.15, -0.1) is 0 Å². The smallest absolute Gasteiger partial charge is 0.267 e. The van der Waals surface area contributed by atoms with E-state index in [0.717, 1.165) is 39.3 Å². The number of benzene rings is 2. The number of amides is 1. The van der Waals surface area contributed by atoms with Gasteiger partial charge in [0.15, 0.2) is 5.78 Å². The van der Waals surface area contributed by atoms with Gasteiger partial charge in [0.2, 0.25) is 0 Å². The zero-order valence-corrected chi connectivity index (χ0v) is 20.1. The summed E-state index contributed by atoms with van der Waals surface area (Å²) in [5, 5.41) is 8.55. The average Bonchev–Trinajstić information content (AvgIpc) is 2.92. The Morgan fingerprint density at radius 2 is 1.31 bits per heavy atom. The van der Waals surface area contributed by atoms with Gasteiger partial charge in [-0.2, -0.15) is 0 Å². The molecule has 0 spiro atoms. The number of hydrogen-bond acceptors (Lipinski definition) is 6. The molecule has 1 aliphatic heterocycles. The number of aromatic nitrogens is 1. The standard InChI is InChI=1S/C29H30N4O3/c34-28(15-13-26-7-4-8-27(30-26)14-16-29(35)31-36)25-11-9-24(10-12-25)22-33-19-17-32(18-20-33)21-23-5-2-1-3-6-23/h1-16,36H,17-22H2,(H,31,35)/b15-13+,16-14+. The highest BCUT2D eigenvalue weighted by atomic mass is 16.5. The van der Waals surface area contributed by atoms with Crippen LogP contribution in [0.4, 0.5) is 0 Å². The van der Waals surface area contributed by atoms with E-state index in [9.17, 15) is 9.59 Å². The van der Waals surface area contributed by atoms with Crippen molar-refractivity contribution in [1.82, 2.24) is 20.3 Å². The van der Waals surface area contributed by atoms with E-state index in [1.165, 1.54) is 34.8 Å². The van der Waals surface area contributed by atoms with Gasteiger partial charge in [-0.25, -0.2) is 10.5 Å². The van der Waals surface area contributed by atoms with Gasteiger partial charge in [-0.3, -0.25) is 24.6 Å². The van der Waals surface area contributed by atoms with Crippen molar-refractivity contribution in [1.29, 1.82) is 0 Å². The SMILES string of the molecule is O=C(/C=C/c1cccc(/C=C/C(=O)c2ccc(CN3CCN(Cc4ccccc4)CC3)cc2)n1)NO. The average molecular weight is 483 g/mol. The molecule has 0 unspecified atom stereocenters. The summed E-state index contributed by atoms with van der Waals surface area (Å²) in [5.41, 5.74) is 5.84. The molecule has 2 N–H and O–H groups in total. The van der Waals surface area contributed by atoms with Crippen LogP contribution in [0.25, 0.3) is 12.2 Å². The molecule has 2 aromatic carbocycles. The molecule has 1 aromatic heterocycles. The third-order valence-corrected chi connectivity index (χ3v) is 6.07. The number of nitrogens with one attached hydrogen (secondary N) is 1. The molecule has 0 bridgehead atoms. The fraction of sp³-hybridized carbons (Fsp3) is 0.207. The van der Waals surface area contributed by atoms with E-state index in [1.54, 1.807) is 24.3 Å². The van der Waals surface area contributed by atoms with Crippen LogP contribution in [0, 0.1) is 0 Å². The summed E-state index contributed by atoms with van der Waals surface area (Å²) in [5.74, 6) is -0.736. The maximum Gasteiger partial charge on any atom is 0.267 e. The molecule has 4 rings (SSSR count). The van der Waals surface area contributed by atoms with Crippen LogP contribution >= 0.6 is 0 Å². The van der Waals surface area contributed by atoms with Crippen molar-refractivity contribution >= 4 is 23.8 Å². The van der Waals surface area contributed by atoms with Crippen LogP contribution in [0.2, 0.25) is 0 Å². The molecule has 0 saturated carbocycles. The molecule has 1 fully saturated rings. The first-order valence-corrected chi connectivity index (χ1v) is 12.0. The molecule has 0 aliphatic carbocycles. The van der Waals surface area contributed by atoms with Crippen LogP contribution in [0.3, 0.4) is 0 Å². The van der Waals surface area contributed by atoms with Crippen LogP contribution < -0.4 is 5.48 Å². The summed E-state index contributed by atoms with van der Waals surface area (Å²) < 4.78 is 0. The van der Waals surface area contributed by atoms with Crippen molar-refractivity contribution in [3.05, 3.63) is 113 Å². The quantitative estimate of drug-likeness (QED) is 0.209. The topological polar surface area (TPSA) is 85.8 Å². The molecule has 2 heterocycles. The maximum atomic E-state index is 12.6. The predicted octanol–water partition coefficient (Wildman–Crippen LogP) is 3.81. The maximum absolute atomic E-state index is 12.6. The molecule has 1 amide bonds. The summed E-state index contributed by atoms with van der Waals surface area (Å²) in [6.45, 7) is 6.04. The molecule has 36 heavy (non-hydrogen) atoms. The van der Waals surface area contributed by atoms with Gasteiger partial charge < -0.3 is 0 Å². The molecule has 0 radical (unpaired) electrons. The molecule has 0 atom stereocenters. The van der Waals surface area contributed by atoms with E-state index in [1.807, 2.05) is 24.3 Å². The number of piperazine rings is 1. The summed E-state index contributed by atoms with van der Waals surface area (Å²) >= 11 is 0. The molecular formula is C29H30N4O3. The molecule has 184 valence electrons. The van der Waals surface area contributed by atoms with Crippen molar-refractivity contribution < 1.29 is 14.8 Å². The van der Waals surface area contributed by atoms with Gasteiger partial charge in [-0.1, -0.05) is 60.7 Å². The third kappa shape index (κ3) is 7.55. The van der Waals surface area contributed by atoms with E-state index in [2.05, 4.69) is 45.1 Å². The lowest BCUT2D eigenvalue weighted by atomic mass is 10.1. The Kier molecular flexibility index (Phi) is 8.88. The number of rotatable bonds is 9. The lowest BCUT2D eigenvalue weighted by Crippen LogP contribution is -2.45. The van der Waals surface area contributed by atoms with Crippen molar-refractivity contribution in [3.8, 4) is 0 Å². The van der Waals surface area contributed by atoms with E-state index in [4.69, 9.17) is 5.21 Å². The van der Waals surface area contributed by atoms with Gasteiger partial charge in [0.1, 0.15) is 0 Å². The van der Waals surface area contributed by atoms with Crippen LogP contribution in [-0.4, -0.2) is 57.9 Å². The largest absolute Gasteiger partial charge is 0.297 e. The van der Waals surface area contributed by atoms with Gasteiger partial charge in [0.05, 0.1) is 11.4 Å². The third-order valence-electron chi connectivity index (χ3n) is 6.07. The number of ketones is 1. The highest BCUT2D eigenvalue weighted by Crippen LogP contribution is 2.13. The number of carbonyl (C=O) groups excluding carboxylic acids is 2. The Bertz CT molecular complexity index is 1210. The minimum atomic E-state index is -0.637. The number of hydroxylamine groups is 1. The van der Waals surface area contributed by atoms with E-state index >= 15 is 0 Å². The highest BCUT2D eigenvalue weighted by molar-refractivity contribution is 6.06. The molecule has 3 aromatic rings. The molecule has 7 nitrogen and oxygen atoms in total. The van der Waals surface area contributed by atoms with E-state index in [0.29, 0.717) is 17.0 Å². The van der Waals surface area contributed by atoms with Gasteiger partial charge >= 0.3 is 0 Å². The molecule has 1 saturated heterocycles. The van der Waals surface area contributed by atoms with Crippen molar-refractivity contribution in [2.75, 3.05) is 26.2 Å². The van der Waals surface area contributed by atoms with Crippen LogP contribution in [0.1, 0.15) is 32.9 Å². The summed E-state index contributed by atoms with van der Waals surface area (Å²) in [4.78, 5) is 33.0. The van der Waals surface area contributed by atoms with Gasteiger partial charge in [-0.05, 0) is 41.5 Å². The highest BCUT2D eigenvalue weighted by Gasteiger charge is 2.17. The Labute approximate surface area is 211 Å². The molecular weight excluding hydrogens is 452 g/mol. The van der Waals surface area contributed by atoms with Crippen molar-refractivity contribution in [3.63, 3.8) is 0 Å². The Morgan fingerprint density at radius 1 is 0.750 bits per heavy atom. The zero-order valence-electron chi connectivity index (χ0n) is 20.1. The Balaban J connectivity index is 1.26. The number of hydrogen-bond donors (Lipinski definition) is 2. The first-order valence-electron chi connectivity index (χ1n) is 12.0.